The highest BCUT2D eigenvalue weighted by Crippen LogP contribution is 2.33. The minimum Gasteiger partial charge on any atom is -0.488 e. The summed E-state index contributed by atoms with van der Waals surface area (Å²) in [6.07, 6.45) is 1.82. The Balaban J connectivity index is 1.42. The molecule has 1 aromatic heterocycles. The summed E-state index contributed by atoms with van der Waals surface area (Å²) < 4.78 is 29.2. The van der Waals surface area contributed by atoms with E-state index in [-0.39, 0.29) is 12.0 Å². The number of amides is 1. The standard InChI is InChI=1S/C22H21NO4S2/c1-14-3-10-21(28-14)22(24)23-13-18-12-17-11-16(6-9-20(17)27-18)15-4-7-19(8-5-15)29(2,25)26/h3-11,18H,12-13H2,1-2H3,(H,23,24). The topological polar surface area (TPSA) is 72.5 Å². The van der Waals surface area contributed by atoms with Gasteiger partial charge in [-0.2, -0.15) is 0 Å². The molecule has 1 N–H and O–H groups in total. The van der Waals surface area contributed by atoms with Crippen molar-refractivity contribution < 1.29 is 17.9 Å². The third kappa shape index (κ3) is 4.36. The molecule has 4 rings (SSSR count). The molecule has 1 aliphatic heterocycles. The molecule has 0 saturated carbocycles. The molecular formula is C22H21NO4S2. The number of hydrogen-bond acceptors (Lipinski definition) is 5. The normalized spacial score (nSPS) is 15.6. The summed E-state index contributed by atoms with van der Waals surface area (Å²) in [5.41, 5.74) is 3.04. The lowest BCUT2D eigenvalue weighted by atomic mass is 10.0. The van der Waals surface area contributed by atoms with Crippen molar-refractivity contribution >= 4 is 27.1 Å². The quantitative estimate of drug-likeness (QED) is 0.671. The highest BCUT2D eigenvalue weighted by molar-refractivity contribution is 7.90. The fourth-order valence-electron chi connectivity index (χ4n) is 3.36. The molecule has 3 aromatic rings. The molecule has 150 valence electrons. The van der Waals surface area contributed by atoms with Crippen LogP contribution in [0.5, 0.6) is 5.75 Å². The highest BCUT2D eigenvalue weighted by atomic mass is 32.2. The predicted molar refractivity (Wildman–Crippen MR) is 114 cm³/mol. The lowest BCUT2D eigenvalue weighted by Gasteiger charge is -2.11. The zero-order valence-electron chi connectivity index (χ0n) is 16.1. The number of carbonyl (C=O) groups excluding carboxylic acids is 1. The maximum Gasteiger partial charge on any atom is 0.261 e. The summed E-state index contributed by atoms with van der Waals surface area (Å²) in [7, 11) is -3.20. The van der Waals surface area contributed by atoms with E-state index in [9.17, 15) is 13.2 Å². The number of rotatable bonds is 5. The first-order valence-electron chi connectivity index (χ1n) is 9.24. The van der Waals surface area contributed by atoms with Gasteiger partial charge in [-0.15, -0.1) is 11.3 Å². The van der Waals surface area contributed by atoms with Crippen LogP contribution in [0.15, 0.2) is 59.5 Å². The first kappa shape index (κ1) is 19.7. The van der Waals surface area contributed by atoms with Gasteiger partial charge in [0.05, 0.1) is 16.3 Å². The third-order valence-corrected chi connectivity index (χ3v) is 7.00. The fraction of sp³-hybridized carbons (Fsp3) is 0.227. The number of nitrogens with one attached hydrogen (secondary N) is 1. The second-order valence-corrected chi connectivity index (χ2v) is 10.5. The molecule has 29 heavy (non-hydrogen) atoms. The van der Waals surface area contributed by atoms with E-state index in [1.807, 2.05) is 43.3 Å². The second kappa shape index (κ2) is 7.65. The molecule has 0 radical (unpaired) electrons. The third-order valence-electron chi connectivity index (χ3n) is 4.87. The Morgan fingerprint density at radius 2 is 1.83 bits per heavy atom. The van der Waals surface area contributed by atoms with E-state index in [4.69, 9.17) is 4.74 Å². The van der Waals surface area contributed by atoms with Gasteiger partial charge in [-0.1, -0.05) is 18.2 Å². The number of hydrogen-bond donors (Lipinski definition) is 1. The van der Waals surface area contributed by atoms with Crippen LogP contribution in [0.3, 0.4) is 0 Å². The van der Waals surface area contributed by atoms with Gasteiger partial charge in [-0.25, -0.2) is 8.42 Å². The van der Waals surface area contributed by atoms with Crippen LogP contribution in [-0.2, 0) is 16.3 Å². The van der Waals surface area contributed by atoms with Crippen LogP contribution in [0.4, 0.5) is 0 Å². The van der Waals surface area contributed by atoms with E-state index in [1.165, 1.54) is 17.6 Å². The zero-order chi connectivity index (χ0) is 20.6. The van der Waals surface area contributed by atoms with E-state index in [1.54, 1.807) is 12.1 Å². The van der Waals surface area contributed by atoms with E-state index >= 15 is 0 Å². The molecule has 2 heterocycles. The smallest absolute Gasteiger partial charge is 0.261 e. The van der Waals surface area contributed by atoms with Crippen LogP contribution >= 0.6 is 11.3 Å². The number of benzene rings is 2. The van der Waals surface area contributed by atoms with Gasteiger partial charge in [0, 0.05) is 17.6 Å². The number of aryl methyl sites for hydroxylation is 1. The molecule has 5 nitrogen and oxygen atoms in total. The zero-order valence-corrected chi connectivity index (χ0v) is 17.8. The lowest BCUT2D eigenvalue weighted by molar-refractivity contribution is 0.0937. The summed E-state index contributed by atoms with van der Waals surface area (Å²) in [6.45, 7) is 2.42. The Morgan fingerprint density at radius 3 is 2.48 bits per heavy atom. The Kier molecular flexibility index (Phi) is 5.19. The summed E-state index contributed by atoms with van der Waals surface area (Å²) in [4.78, 5) is 14.3. The Labute approximate surface area is 174 Å². The maximum atomic E-state index is 12.2. The van der Waals surface area contributed by atoms with Gasteiger partial charge in [0.2, 0.25) is 0 Å². The molecule has 2 aromatic carbocycles. The van der Waals surface area contributed by atoms with Gasteiger partial charge in [-0.3, -0.25) is 4.79 Å². The Bertz CT molecular complexity index is 1160. The molecule has 1 aliphatic rings. The van der Waals surface area contributed by atoms with E-state index < -0.39 is 9.84 Å². The molecule has 7 heteroatoms. The Morgan fingerprint density at radius 1 is 1.10 bits per heavy atom. The van der Waals surface area contributed by atoms with Crippen LogP contribution in [0, 0.1) is 6.92 Å². The molecule has 1 unspecified atom stereocenters. The minimum absolute atomic E-state index is 0.0747. The van der Waals surface area contributed by atoms with Crippen LogP contribution in [0.1, 0.15) is 20.1 Å². The van der Waals surface area contributed by atoms with Gasteiger partial charge < -0.3 is 10.1 Å². The van der Waals surface area contributed by atoms with Gasteiger partial charge in [-0.05, 0) is 60.0 Å². The van der Waals surface area contributed by atoms with Gasteiger partial charge in [0.1, 0.15) is 11.9 Å². The molecule has 1 amide bonds. The molecule has 0 aliphatic carbocycles. The van der Waals surface area contributed by atoms with Crippen molar-refractivity contribution in [1.82, 2.24) is 5.32 Å². The minimum atomic E-state index is -3.20. The first-order valence-corrected chi connectivity index (χ1v) is 11.9. The number of sulfone groups is 1. The molecular weight excluding hydrogens is 406 g/mol. The number of thiophene rings is 1. The summed E-state index contributed by atoms with van der Waals surface area (Å²) in [5, 5.41) is 2.95. The number of fused-ring (bicyclic) bond motifs is 1. The molecule has 0 saturated heterocycles. The van der Waals surface area contributed by atoms with Gasteiger partial charge in [0.25, 0.3) is 5.91 Å². The van der Waals surface area contributed by atoms with Crippen molar-refractivity contribution in [2.45, 2.75) is 24.3 Å². The van der Waals surface area contributed by atoms with Crippen molar-refractivity contribution in [1.29, 1.82) is 0 Å². The fourth-order valence-corrected chi connectivity index (χ4v) is 4.77. The van der Waals surface area contributed by atoms with Crippen molar-refractivity contribution in [3.63, 3.8) is 0 Å². The monoisotopic (exact) mass is 427 g/mol. The largest absolute Gasteiger partial charge is 0.488 e. The van der Waals surface area contributed by atoms with E-state index in [0.717, 1.165) is 27.3 Å². The van der Waals surface area contributed by atoms with Gasteiger partial charge >= 0.3 is 0 Å². The van der Waals surface area contributed by atoms with Crippen molar-refractivity contribution in [3.8, 4) is 16.9 Å². The van der Waals surface area contributed by atoms with E-state index in [2.05, 4.69) is 11.4 Å². The number of carbonyl (C=O) groups is 1. The van der Waals surface area contributed by atoms with Crippen molar-refractivity contribution in [3.05, 3.63) is 69.9 Å². The van der Waals surface area contributed by atoms with Crippen molar-refractivity contribution in [2.24, 2.45) is 0 Å². The summed E-state index contributed by atoms with van der Waals surface area (Å²) in [5.74, 6) is 0.752. The summed E-state index contributed by atoms with van der Waals surface area (Å²) in [6, 6.07) is 16.6. The van der Waals surface area contributed by atoms with Crippen LogP contribution in [0.2, 0.25) is 0 Å². The maximum absolute atomic E-state index is 12.2. The van der Waals surface area contributed by atoms with Crippen molar-refractivity contribution in [2.75, 3.05) is 12.8 Å². The highest BCUT2D eigenvalue weighted by Gasteiger charge is 2.24. The van der Waals surface area contributed by atoms with Crippen LogP contribution in [0.25, 0.3) is 11.1 Å². The predicted octanol–water partition coefficient (Wildman–Crippen LogP) is 3.86. The molecule has 1 atom stereocenters. The summed E-state index contributed by atoms with van der Waals surface area (Å²) >= 11 is 1.48. The first-order chi connectivity index (χ1) is 13.8. The van der Waals surface area contributed by atoms with Gasteiger partial charge in [0.15, 0.2) is 9.84 Å². The Hall–Kier alpha value is -2.64. The average Bonchev–Trinajstić information content (AvgIpc) is 3.30. The second-order valence-electron chi connectivity index (χ2n) is 7.18. The number of ether oxygens (including phenoxy) is 1. The molecule has 0 spiro atoms. The van der Waals surface area contributed by atoms with E-state index in [0.29, 0.717) is 22.7 Å². The van der Waals surface area contributed by atoms with Crippen LogP contribution < -0.4 is 10.1 Å². The average molecular weight is 428 g/mol. The SMILES string of the molecule is Cc1ccc(C(=O)NCC2Cc3cc(-c4ccc(S(C)(=O)=O)cc4)ccc3O2)s1. The lowest BCUT2D eigenvalue weighted by Crippen LogP contribution is -2.34. The molecule has 0 bridgehead atoms. The molecule has 0 fully saturated rings. The van der Waals surface area contributed by atoms with Crippen LogP contribution in [-0.4, -0.2) is 33.2 Å².